The zero-order valence-corrected chi connectivity index (χ0v) is 13.5. The lowest BCUT2D eigenvalue weighted by Crippen LogP contribution is -2.30. The quantitative estimate of drug-likeness (QED) is 0.822. The Morgan fingerprint density at radius 2 is 1.78 bits per heavy atom. The summed E-state index contributed by atoms with van der Waals surface area (Å²) in [6.45, 7) is 1.69. The van der Waals surface area contributed by atoms with Crippen LogP contribution in [0.2, 0.25) is 0 Å². The van der Waals surface area contributed by atoms with Gasteiger partial charge in [0.2, 0.25) is 0 Å². The number of carbonyl (C=O) groups excluding carboxylic acids is 3. The molecule has 0 unspecified atom stereocenters. The molecule has 120 valence electrons. The maximum atomic E-state index is 12.1. The summed E-state index contributed by atoms with van der Waals surface area (Å²) in [5, 5.41) is 7.08. The molecule has 0 saturated heterocycles. The highest BCUT2D eigenvalue weighted by atomic mass is 32.1. The summed E-state index contributed by atoms with van der Waals surface area (Å²) in [6, 6.07) is 8.29. The average molecular weight is 332 g/mol. The van der Waals surface area contributed by atoms with Crippen LogP contribution in [-0.2, 0) is 9.53 Å². The minimum atomic E-state index is -0.520. The minimum Gasteiger partial charge on any atom is -0.468 e. The predicted molar refractivity (Wildman–Crippen MR) is 87.8 cm³/mol. The first-order valence-electron chi connectivity index (χ1n) is 6.82. The first kappa shape index (κ1) is 16.7. The zero-order valence-electron chi connectivity index (χ0n) is 12.7. The second-order valence-corrected chi connectivity index (χ2v) is 5.64. The molecule has 1 heterocycles. The number of benzene rings is 1. The monoisotopic (exact) mass is 332 g/mol. The van der Waals surface area contributed by atoms with Crippen LogP contribution in [0.1, 0.15) is 25.6 Å². The van der Waals surface area contributed by atoms with Crippen LogP contribution in [-0.4, -0.2) is 31.4 Å². The zero-order chi connectivity index (χ0) is 16.8. The number of aryl methyl sites for hydroxylation is 1. The third-order valence-electron chi connectivity index (χ3n) is 3.09. The van der Waals surface area contributed by atoms with Gasteiger partial charge in [-0.2, -0.15) is 0 Å². The van der Waals surface area contributed by atoms with Crippen LogP contribution < -0.4 is 10.6 Å². The molecule has 0 aliphatic rings. The van der Waals surface area contributed by atoms with Crippen molar-refractivity contribution in [2.45, 2.75) is 6.92 Å². The predicted octanol–water partition coefficient (Wildman–Crippen LogP) is 2.21. The van der Waals surface area contributed by atoms with Crippen LogP contribution in [0.3, 0.4) is 0 Å². The fourth-order valence-electron chi connectivity index (χ4n) is 1.82. The summed E-state index contributed by atoms with van der Waals surface area (Å²) in [7, 11) is 1.25. The molecule has 2 N–H and O–H groups in total. The van der Waals surface area contributed by atoms with Gasteiger partial charge in [-0.1, -0.05) is 0 Å². The molecular weight excluding hydrogens is 316 g/mol. The van der Waals surface area contributed by atoms with Gasteiger partial charge in [0.25, 0.3) is 11.8 Å². The number of esters is 1. The fourth-order valence-corrected chi connectivity index (χ4v) is 2.65. The summed E-state index contributed by atoms with van der Waals surface area (Å²) in [4.78, 5) is 35.6. The van der Waals surface area contributed by atoms with Crippen LogP contribution in [0.5, 0.6) is 0 Å². The highest BCUT2D eigenvalue weighted by Crippen LogP contribution is 2.18. The maximum Gasteiger partial charge on any atom is 0.325 e. The molecule has 0 saturated carbocycles. The van der Waals surface area contributed by atoms with Crippen LogP contribution in [0.15, 0.2) is 35.7 Å². The summed E-state index contributed by atoms with van der Waals surface area (Å²) in [5.74, 6) is -1.09. The lowest BCUT2D eigenvalue weighted by Gasteiger charge is -2.07. The second kappa shape index (κ2) is 7.55. The molecule has 7 heteroatoms. The van der Waals surface area contributed by atoms with E-state index in [1.165, 1.54) is 18.4 Å². The molecule has 6 nitrogen and oxygen atoms in total. The molecule has 0 fully saturated rings. The van der Waals surface area contributed by atoms with E-state index in [1.54, 1.807) is 24.3 Å². The van der Waals surface area contributed by atoms with Gasteiger partial charge in [0.05, 0.1) is 12.0 Å². The number of ether oxygens (including phenoxy) is 1. The molecule has 0 bridgehead atoms. The molecular formula is C16H16N2O4S. The summed E-state index contributed by atoms with van der Waals surface area (Å²) >= 11 is 1.38. The number of carbonyl (C=O) groups is 3. The molecule has 0 atom stereocenters. The Kier molecular flexibility index (Phi) is 5.48. The largest absolute Gasteiger partial charge is 0.468 e. The van der Waals surface area contributed by atoms with Crippen molar-refractivity contribution in [2.24, 2.45) is 0 Å². The Hall–Kier alpha value is -2.67. The number of methoxy groups -OCH3 is 1. The number of nitrogens with one attached hydrogen (secondary N) is 2. The van der Waals surface area contributed by atoms with Gasteiger partial charge in [-0.05, 0) is 48.2 Å². The van der Waals surface area contributed by atoms with Gasteiger partial charge in [0.1, 0.15) is 6.54 Å². The van der Waals surface area contributed by atoms with E-state index in [4.69, 9.17) is 0 Å². The van der Waals surface area contributed by atoms with Crippen molar-refractivity contribution >= 4 is 34.8 Å². The summed E-state index contributed by atoms with van der Waals surface area (Å²) < 4.78 is 4.44. The Morgan fingerprint density at radius 3 is 2.35 bits per heavy atom. The first-order chi connectivity index (χ1) is 11.0. The highest BCUT2D eigenvalue weighted by Gasteiger charge is 2.12. The smallest absolute Gasteiger partial charge is 0.325 e. The van der Waals surface area contributed by atoms with Crippen molar-refractivity contribution in [3.05, 3.63) is 51.7 Å². The summed E-state index contributed by atoms with van der Waals surface area (Å²) in [6.07, 6.45) is 0. The van der Waals surface area contributed by atoms with E-state index < -0.39 is 5.97 Å². The molecule has 2 amide bonds. The molecule has 0 aliphatic heterocycles. The number of thiophene rings is 1. The minimum absolute atomic E-state index is 0.180. The van der Waals surface area contributed by atoms with Crippen molar-refractivity contribution in [3.8, 4) is 0 Å². The Bertz CT molecular complexity index is 722. The second-order valence-electron chi connectivity index (χ2n) is 4.72. The van der Waals surface area contributed by atoms with Crippen molar-refractivity contribution in [2.75, 3.05) is 19.0 Å². The number of hydrogen-bond donors (Lipinski definition) is 2. The number of hydrogen-bond acceptors (Lipinski definition) is 5. The Labute approximate surface area is 137 Å². The average Bonchev–Trinajstić information content (AvgIpc) is 2.99. The molecule has 0 aliphatic carbocycles. The molecule has 23 heavy (non-hydrogen) atoms. The van der Waals surface area contributed by atoms with E-state index in [0.717, 1.165) is 5.56 Å². The van der Waals surface area contributed by atoms with Crippen molar-refractivity contribution in [3.63, 3.8) is 0 Å². The number of rotatable bonds is 5. The van der Waals surface area contributed by atoms with Crippen molar-refractivity contribution in [1.29, 1.82) is 0 Å². The number of amides is 2. The lowest BCUT2D eigenvalue weighted by atomic mass is 10.2. The molecule has 2 aromatic rings. The van der Waals surface area contributed by atoms with E-state index in [9.17, 15) is 14.4 Å². The SMILES string of the molecule is COC(=O)CNC(=O)c1ccc(NC(=O)c2sccc2C)cc1. The van der Waals surface area contributed by atoms with E-state index in [2.05, 4.69) is 15.4 Å². The van der Waals surface area contributed by atoms with Gasteiger partial charge in [-0.15, -0.1) is 11.3 Å². The lowest BCUT2D eigenvalue weighted by molar-refractivity contribution is -0.139. The van der Waals surface area contributed by atoms with Gasteiger partial charge < -0.3 is 15.4 Å². The third kappa shape index (κ3) is 4.40. The van der Waals surface area contributed by atoms with Gasteiger partial charge in [0.15, 0.2) is 0 Å². The van der Waals surface area contributed by atoms with Crippen LogP contribution in [0.4, 0.5) is 5.69 Å². The molecule has 0 radical (unpaired) electrons. The Balaban J connectivity index is 1.97. The molecule has 1 aromatic carbocycles. The molecule has 2 rings (SSSR count). The standard InChI is InChI=1S/C16H16N2O4S/c1-10-7-8-23-14(10)16(21)18-12-5-3-11(4-6-12)15(20)17-9-13(19)22-2/h3-8H,9H2,1-2H3,(H,17,20)(H,18,21). The third-order valence-corrected chi connectivity index (χ3v) is 4.11. The molecule has 0 spiro atoms. The van der Waals surface area contributed by atoms with Crippen LogP contribution >= 0.6 is 11.3 Å². The van der Waals surface area contributed by atoms with Crippen LogP contribution in [0.25, 0.3) is 0 Å². The normalized spacial score (nSPS) is 10.0. The number of anilines is 1. The van der Waals surface area contributed by atoms with Crippen LogP contribution in [0, 0.1) is 6.92 Å². The summed E-state index contributed by atoms with van der Waals surface area (Å²) in [5.41, 5.74) is 1.90. The van der Waals surface area contributed by atoms with Gasteiger partial charge in [0, 0.05) is 11.3 Å². The fraction of sp³-hybridized carbons (Fsp3) is 0.188. The van der Waals surface area contributed by atoms with Gasteiger partial charge in [-0.25, -0.2) is 0 Å². The van der Waals surface area contributed by atoms with Gasteiger partial charge in [-0.3, -0.25) is 14.4 Å². The molecule has 1 aromatic heterocycles. The topological polar surface area (TPSA) is 84.5 Å². The van der Waals surface area contributed by atoms with E-state index in [0.29, 0.717) is 16.1 Å². The van der Waals surface area contributed by atoms with E-state index in [1.807, 2.05) is 18.4 Å². The van der Waals surface area contributed by atoms with Gasteiger partial charge >= 0.3 is 5.97 Å². The Morgan fingerprint density at radius 1 is 1.09 bits per heavy atom. The highest BCUT2D eigenvalue weighted by molar-refractivity contribution is 7.12. The van der Waals surface area contributed by atoms with E-state index >= 15 is 0 Å². The van der Waals surface area contributed by atoms with E-state index in [-0.39, 0.29) is 18.4 Å². The first-order valence-corrected chi connectivity index (χ1v) is 7.69. The maximum absolute atomic E-state index is 12.1. The van der Waals surface area contributed by atoms with Crippen molar-refractivity contribution in [1.82, 2.24) is 5.32 Å². The van der Waals surface area contributed by atoms with Crippen molar-refractivity contribution < 1.29 is 19.1 Å².